The molecule has 0 aliphatic rings. The summed E-state index contributed by atoms with van der Waals surface area (Å²) in [7, 11) is -5.00. The van der Waals surface area contributed by atoms with Crippen LogP contribution in [0.4, 0.5) is 0 Å². The number of phosphoric ester groups is 1. The molecular weight excluding hydrogens is 455 g/mol. The van der Waals surface area contributed by atoms with E-state index in [1.165, 1.54) is 6.07 Å². The Morgan fingerprint density at radius 3 is 2.47 bits per heavy atom. The lowest BCUT2D eigenvalue weighted by atomic mass is 9.96. The van der Waals surface area contributed by atoms with Crippen LogP contribution in [0.3, 0.4) is 0 Å². The zero-order valence-corrected chi connectivity index (χ0v) is 18.0. The highest BCUT2D eigenvalue weighted by molar-refractivity contribution is 7.46. The Bertz CT molecular complexity index is 1170. The van der Waals surface area contributed by atoms with Gasteiger partial charge >= 0.3 is 30.9 Å². The first-order chi connectivity index (χ1) is 14.5. The summed E-state index contributed by atoms with van der Waals surface area (Å²) in [5, 5.41) is 20.5. The highest BCUT2D eigenvalue weighted by Crippen LogP contribution is 2.48. The molecule has 0 atom stereocenters. The first kappa shape index (κ1) is 25.8. The number of nitrogens with zero attached hydrogens (tertiary/aromatic N) is 3. The Morgan fingerprint density at radius 2 is 1.94 bits per heavy atom. The van der Waals surface area contributed by atoms with Crippen molar-refractivity contribution in [1.29, 1.82) is 0 Å². The molecule has 170 valence electrons. The molecule has 3 rings (SSSR count). The van der Waals surface area contributed by atoms with Crippen LogP contribution in [0.2, 0.25) is 0 Å². The maximum absolute atomic E-state index is 12.5. The summed E-state index contributed by atoms with van der Waals surface area (Å²) in [6, 6.07) is 2.49. The van der Waals surface area contributed by atoms with Gasteiger partial charge in [0.1, 0.15) is 17.1 Å². The average Bonchev–Trinajstić information content (AvgIpc) is 3.26. The van der Waals surface area contributed by atoms with E-state index in [1.54, 1.807) is 13.8 Å². The third kappa shape index (κ3) is 5.48. The number of benzene rings is 1. The number of carbonyl (C=O) groups is 1. The van der Waals surface area contributed by atoms with Gasteiger partial charge < -0.3 is 24.0 Å². The molecule has 0 fully saturated rings. The Morgan fingerprint density at radius 1 is 1.25 bits per heavy atom. The highest BCUT2D eigenvalue weighted by Gasteiger charge is 2.31. The van der Waals surface area contributed by atoms with Gasteiger partial charge in [-0.1, -0.05) is 24.2 Å². The molecular formula is C18H23MgN4O8P. The van der Waals surface area contributed by atoms with Gasteiger partial charge in [-0.15, -0.1) is 0 Å². The summed E-state index contributed by atoms with van der Waals surface area (Å²) in [6.07, 6.45) is 0. The molecule has 14 heteroatoms. The van der Waals surface area contributed by atoms with Crippen LogP contribution in [0.15, 0.2) is 21.2 Å². The molecule has 3 aromatic rings. The molecule has 0 unspecified atom stereocenters. The van der Waals surface area contributed by atoms with Crippen LogP contribution in [0, 0.1) is 6.92 Å². The van der Waals surface area contributed by atoms with E-state index in [9.17, 15) is 24.3 Å². The monoisotopic (exact) mass is 478 g/mol. The minimum Gasteiger partial charge on any atom is -0.508 e. The molecule has 0 bridgehead atoms. The lowest BCUT2D eigenvalue weighted by Gasteiger charge is -2.15. The third-order valence-corrected chi connectivity index (χ3v) is 4.64. The molecule has 32 heavy (non-hydrogen) atoms. The van der Waals surface area contributed by atoms with Gasteiger partial charge in [-0.25, -0.2) is 4.57 Å². The number of aromatic hydroxyl groups is 1. The maximum atomic E-state index is 12.5. The molecule has 0 saturated carbocycles. The summed E-state index contributed by atoms with van der Waals surface area (Å²) in [6.45, 7) is 7.21. The van der Waals surface area contributed by atoms with Gasteiger partial charge in [0.2, 0.25) is 11.7 Å². The normalized spacial score (nSPS) is 11.3. The Hall–Kier alpha value is -2.44. The van der Waals surface area contributed by atoms with Crippen molar-refractivity contribution in [1.82, 2.24) is 20.6 Å². The second-order valence-electron chi connectivity index (χ2n) is 6.88. The minimum atomic E-state index is -5.00. The molecule has 0 radical (unpaired) electrons. The lowest BCUT2D eigenvalue weighted by molar-refractivity contribution is 0.0947. The molecule has 2 aromatic heterocycles. The van der Waals surface area contributed by atoms with Crippen molar-refractivity contribution < 1.29 is 37.8 Å². The Balaban J connectivity index is 0.00000363. The van der Waals surface area contributed by atoms with E-state index >= 15 is 0 Å². The first-order valence-corrected chi connectivity index (χ1v) is 10.8. The van der Waals surface area contributed by atoms with E-state index in [0.717, 1.165) is 6.07 Å². The zero-order valence-electron chi connectivity index (χ0n) is 17.1. The van der Waals surface area contributed by atoms with Crippen molar-refractivity contribution in [3.05, 3.63) is 29.3 Å². The molecule has 0 aliphatic carbocycles. The van der Waals surface area contributed by atoms with Crippen LogP contribution < -0.4 is 9.84 Å². The second kappa shape index (κ2) is 10.0. The second-order valence-corrected chi connectivity index (χ2v) is 8.04. The van der Waals surface area contributed by atoms with Gasteiger partial charge in [0.05, 0.1) is 5.56 Å². The first-order valence-electron chi connectivity index (χ1n) is 9.22. The number of amides is 1. The van der Waals surface area contributed by atoms with E-state index < -0.39 is 13.7 Å². The number of aromatic nitrogens is 3. The van der Waals surface area contributed by atoms with Gasteiger partial charge in [0.15, 0.2) is 11.5 Å². The molecule has 0 saturated heterocycles. The van der Waals surface area contributed by atoms with Crippen LogP contribution >= 0.6 is 7.82 Å². The van der Waals surface area contributed by atoms with E-state index in [1.807, 2.05) is 13.8 Å². The van der Waals surface area contributed by atoms with Crippen molar-refractivity contribution in [2.24, 2.45) is 0 Å². The van der Waals surface area contributed by atoms with Gasteiger partial charge in [0.25, 0.3) is 5.91 Å². The van der Waals surface area contributed by atoms with Crippen LogP contribution in [0.5, 0.6) is 11.5 Å². The van der Waals surface area contributed by atoms with E-state index in [0.29, 0.717) is 12.1 Å². The van der Waals surface area contributed by atoms with Crippen molar-refractivity contribution in [3.8, 4) is 34.2 Å². The van der Waals surface area contributed by atoms with Crippen LogP contribution in [0.1, 0.15) is 48.6 Å². The Labute approximate surface area is 198 Å². The van der Waals surface area contributed by atoms with Crippen molar-refractivity contribution in [2.45, 2.75) is 33.6 Å². The lowest BCUT2D eigenvalue weighted by Crippen LogP contribution is -2.23. The number of nitrogens with one attached hydrogen (secondary N) is 1. The number of hydrogen-bond acceptors (Lipinski definition) is 9. The fraction of sp³-hybridized carbons (Fsp3) is 0.333. The number of rotatable bonds is 7. The number of phenols is 1. The molecule has 1 aromatic carbocycles. The average molecular weight is 479 g/mol. The minimum absolute atomic E-state index is 0. The maximum Gasteiger partial charge on any atom is 0.524 e. The van der Waals surface area contributed by atoms with E-state index in [4.69, 9.17) is 13.6 Å². The fourth-order valence-corrected chi connectivity index (χ4v) is 3.32. The predicted octanol–water partition coefficient (Wildman–Crippen LogP) is 1.83. The van der Waals surface area contributed by atoms with Gasteiger partial charge in [-0.05, 0) is 24.5 Å². The fourth-order valence-electron chi connectivity index (χ4n) is 2.91. The summed E-state index contributed by atoms with van der Waals surface area (Å²) >= 11 is 0. The molecule has 0 spiro atoms. The number of phosphoric acid groups is 1. The summed E-state index contributed by atoms with van der Waals surface area (Å²) < 4.78 is 26.7. The van der Waals surface area contributed by atoms with Crippen LogP contribution in [-0.2, 0) is 4.57 Å². The smallest absolute Gasteiger partial charge is 0.508 e. The largest absolute Gasteiger partial charge is 0.524 e. The van der Waals surface area contributed by atoms with Crippen LogP contribution in [0.25, 0.3) is 22.7 Å². The summed E-state index contributed by atoms with van der Waals surface area (Å²) in [5.41, 5.74) is 0.363. The molecule has 1 amide bonds. The number of aryl methyl sites for hydroxylation is 1. The zero-order chi connectivity index (χ0) is 22.9. The van der Waals surface area contributed by atoms with E-state index in [2.05, 4.69) is 20.6 Å². The number of hydrogen-bond donors (Lipinski definition) is 4. The number of phenolic OH excluding ortho intramolecular Hbond substituents is 1. The molecule has 0 aliphatic heterocycles. The molecule has 2 heterocycles. The van der Waals surface area contributed by atoms with Gasteiger partial charge in [0, 0.05) is 19.5 Å². The van der Waals surface area contributed by atoms with Gasteiger partial charge in [-0.2, -0.15) is 4.98 Å². The topological polar surface area (TPSA) is 181 Å². The predicted molar refractivity (Wildman–Crippen MR) is 115 cm³/mol. The van der Waals surface area contributed by atoms with Crippen molar-refractivity contribution in [3.63, 3.8) is 0 Å². The van der Waals surface area contributed by atoms with Gasteiger partial charge in [-0.3, -0.25) is 14.6 Å². The number of carbonyl (C=O) groups excluding carboxylic acids is 1. The summed E-state index contributed by atoms with van der Waals surface area (Å²) in [4.78, 5) is 35.3. The molecule has 4 N–H and O–H groups in total. The Kier molecular flexibility index (Phi) is 8.07. The van der Waals surface area contributed by atoms with Crippen LogP contribution in [-0.4, -0.2) is 65.7 Å². The summed E-state index contributed by atoms with van der Waals surface area (Å²) in [5.74, 6) is -1.24. The molecule has 12 nitrogen and oxygen atoms in total. The standard InChI is InChI=1S/C18H21N4O8P.Mg.2H/c1-5-19-18(24)15-14(17-20-9(4)28-22-17)16(29-21-15)11-6-10(8(2)3)12(23)7-13(11)30-31(25,26)27;;;/h6-8,23H,5H2,1-4H3,(H,19,24)(H2,25,26,27);;;. The third-order valence-electron chi connectivity index (χ3n) is 4.21. The van der Waals surface area contributed by atoms with Crippen molar-refractivity contribution in [2.75, 3.05) is 6.54 Å². The van der Waals surface area contributed by atoms with E-state index in [-0.39, 0.29) is 74.8 Å². The SMILES string of the molecule is CCNC(=O)c1noc(-c2cc(C(C)C)c(O)cc2OP(=O)(O)O)c1-c1noc(C)n1.[MgH2]. The van der Waals surface area contributed by atoms with Crippen molar-refractivity contribution >= 4 is 36.8 Å². The quantitative estimate of drug-likeness (QED) is 0.287. The highest BCUT2D eigenvalue weighted by atomic mass is 31.2.